The van der Waals surface area contributed by atoms with Crippen molar-refractivity contribution in [1.29, 1.82) is 0 Å². The van der Waals surface area contributed by atoms with E-state index in [4.69, 9.17) is 4.42 Å². The molecule has 1 aromatic heterocycles. The summed E-state index contributed by atoms with van der Waals surface area (Å²) in [6.45, 7) is 4.31. The fourth-order valence-corrected chi connectivity index (χ4v) is 3.04. The number of furan rings is 1. The predicted octanol–water partition coefficient (Wildman–Crippen LogP) is 4.57. The molecule has 0 atom stereocenters. The third kappa shape index (κ3) is 1.78. The second-order valence-corrected chi connectivity index (χ2v) is 5.23. The smallest absolute Gasteiger partial charge is 0.137 e. The van der Waals surface area contributed by atoms with Crippen molar-refractivity contribution in [2.75, 3.05) is 0 Å². The Morgan fingerprint density at radius 3 is 2.94 bits per heavy atom. The molecule has 0 bridgehead atoms. The van der Waals surface area contributed by atoms with Crippen molar-refractivity contribution < 1.29 is 4.42 Å². The van der Waals surface area contributed by atoms with Gasteiger partial charge in [0.15, 0.2) is 0 Å². The number of hydrogen-bond donors (Lipinski definition) is 0. The van der Waals surface area contributed by atoms with Crippen LogP contribution in [-0.4, -0.2) is 0 Å². The summed E-state index contributed by atoms with van der Waals surface area (Å²) in [6, 6.07) is 4.64. The maximum atomic E-state index is 5.92. The molecular formula is C16H20O. The van der Waals surface area contributed by atoms with Crippen molar-refractivity contribution in [2.45, 2.75) is 52.4 Å². The minimum Gasteiger partial charge on any atom is -0.461 e. The van der Waals surface area contributed by atoms with Crippen LogP contribution in [-0.2, 0) is 19.3 Å². The maximum Gasteiger partial charge on any atom is 0.137 e. The minimum atomic E-state index is 1.05. The van der Waals surface area contributed by atoms with E-state index in [9.17, 15) is 0 Å². The number of fused-ring (bicyclic) bond motifs is 3. The molecule has 1 aromatic carbocycles. The fourth-order valence-electron chi connectivity index (χ4n) is 3.04. The van der Waals surface area contributed by atoms with Gasteiger partial charge in [-0.05, 0) is 61.8 Å². The molecule has 0 aliphatic heterocycles. The molecule has 1 aliphatic rings. The molecule has 1 nitrogen and oxygen atoms in total. The van der Waals surface area contributed by atoms with E-state index in [1.165, 1.54) is 43.1 Å². The van der Waals surface area contributed by atoms with Crippen molar-refractivity contribution in [3.63, 3.8) is 0 Å². The van der Waals surface area contributed by atoms with E-state index in [1.807, 2.05) is 0 Å². The van der Waals surface area contributed by atoms with E-state index in [1.54, 1.807) is 11.1 Å². The van der Waals surface area contributed by atoms with Gasteiger partial charge in [0, 0.05) is 5.39 Å². The van der Waals surface area contributed by atoms with Gasteiger partial charge in [-0.3, -0.25) is 0 Å². The van der Waals surface area contributed by atoms with Crippen LogP contribution in [0.25, 0.3) is 11.0 Å². The van der Waals surface area contributed by atoms with E-state index in [-0.39, 0.29) is 0 Å². The van der Waals surface area contributed by atoms with E-state index in [0.717, 1.165) is 17.8 Å². The van der Waals surface area contributed by atoms with Gasteiger partial charge in [-0.15, -0.1) is 0 Å². The third-order valence-corrected chi connectivity index (χ3v) is 3.88. The normalized spacial score (nSPS) is 14.5. The molecule has 0 saturated heterocycles. The number of unbranched alkanes of at least 4 members (excludes halogenated alkanes) is 1. The minimum absolute atomic E-state index is 1.05. The summed E-state index contributed by atoms with van der Waals surface area (Å²) in [5.74, 6) is 1.05. The number of rotatable bonds is 3. The SMILES string of the molecule is CCCCc1cc2c(c3cc(C)oc13)CCC2. The van der Waals surface area contributed by atoms with E-state index < -0.39 is 0 Å². The first-order valence-corrected chi connectivity index (χ1v) is 6.83. The van der Waals surface area contributed by atoms with Gasteiger partial charge in [0.2, 0.25) is 0 Å². The summed E-state index contributed by atoms with van der Waals surface area (Å²) >= 11 is 0. The van der Waals surface area contributed by atoms with Gasteiger partial charge in [-0.1, -0.05) is 19.4 Å². The molecule has 1 heterocycles. The van der Waals surface area contributed by atoms with Gasteiger partial charge in [0.1, 0.15) is 11.3 Å². The summed E-state index contributed by atoms with van der Waals surface area (Å²) in [5.41, 5.74) is 5.72. The zero-order valence-electron chi connectivity index (χ0n) is 10.8. The third-order valence-electron chi connectivity index (χ3n) is 3.88. The highest BCUT2D eigenvalue weighted by molar-refractivity contribution is 5.86. The number of hydrogen-bond acceptors (Lipinski definition) is 1. The first-order chi connectivity index (χ1) is 8.29. The van der Waals surface area contributed by atoms with Crippen LogP contribution in [0, 0.1) is 6.92 Å². The van der Waals surface area contributed by atoms with Crippen molar-refractivity contribution in [1.82, 2.24) is 0 Å². The molecule has 2 aromatic rings. The molecule has 0 radical (unpaired) electrons. The van der Waals surface area contributed by atoms with Crippen molar-refractivity contribution in [2.24, 2.45) is 0 Å². The quantitative estimate of drug-likeness (QED) is 0.750. The largest absolute Gasteiger partial charge is 0.461 e. The van der Waals surface area contributed by atoms with Gasteiger partial charge in [0.25, 0.3) is 0 Å². The highest BCUT2D eigenvalue weighted by atomic mass is 16.3. The van der Waals surface area contributed by atoms with Crippen molar-refractivity contribution >= 4 is 11.0 Å². The molecule has 17 heavy (non-hydrogen) atoms. The molecule has 1 heteroatoms. The van der Waals surface area contributed by atoms with E-state index >= 15 is 0 Å². The van der Waals surface area contributed by atoms with Gasteiger partial charge in [-0.2, -0.15) is 0 Å². The summed E-state index contributed by atoms with van der Waals surface area (Å²) in [7, 11) is 0. The first-order valence-electron chi connectivity index (χ1n) is 6.83. The van der Waals surface area contributed by atoms with Crippen LogP contribution in [0.15, 0.2) is 16.5 Å². The summed E-state index contributed by atoms with van der Waals surface area (Å²) in [4.78, 5) is 0. The molecule has 0 fully saturated rings. The molecule has 0 unspecified atom stereocenters. The molecule has 0 spiro atoms. The Labute approximate surface area is 103 Å². The number of aryl methyl sites for hydroxylation is 4. The zero-order valence-corrected chi connectivity index (χ0v) is 10.8. The average molecular weight is 228 g/mol. The van der Waals surface area contributed by atoms with Crippen LogP contribution in [0.3, 0.4) is 0 Å². The fraction of sp³-hybridized carbons (Fsp3) is 0.500. The average Bonchev–Trinajstić information content (AvgIpc) is 2.90. The Kier molecular flexibility index (Phi) is 2.70. The molecule has 0 amide bonds. The Hall–Kier alpha value is -1.24. The van der Waals surface area contributed by atoms with Crippen LogP contribution in [0.1, 0.15) is 48.6 Å². The number of benzene rings is 1. The molecular weight excluding hydrogens is 208 g/mol. The first kappa shape index (κ1) is 10.9. The van der Waals surface area contributed by atoms with Crippen molar-refractivity contribution in [3.05, 3.63) is 34.6 Å². The van der Waals surface area contributed by atoms with Gasteiger partial charge in [-0.25, -0.2) is 0 Å². The highest BCUT2D eigenvalue weighted by Gasteiger charge is 2.19. The van der Waals surface area contributed by atoms with E-state index in [0.29, 0.717) is 0 Å². The second-order valence-electron chi connectivity index (χ2n) is 5.23. The van der Waals surface area contributed by atoms with Gasteiger partial charge < -0.3 is 4.42 Å². The van der Waals surface area contributed by atoms with Crippen LogP contribution < -0.4 is 0 Å². The van der Waals surface area contributed by atoms with Gasteiger partial charge in [0.05, 0.1) is 0 Å². The Balaban J connectivity index is 2.17. The molecule has 0 saturated carbocycles. The molecule has 90 valence electrons. The topological polar surface area (TPSA) is 13.1 Å². The second kappa shape index (κ2) is 4.21. The summed E-state index contributed by atoms with van der Waals surface area (Å²) in [6.07, 6.45) is 7.47. The Morgan fingerprint density at radius 1 is 1.24 bits per heavy atom. The monoisotopic (exact) mass is 228 g/mol. The van der Waals surface area contributed by atoms with Gasteiger partial charge >= 0.3 is 0 Å². The predicted molar refractivity (Wildman–Crippen MR) is 71.6 cm³/mol. The lowest BCUT2D eigenvalue weighted by molar-refractivity contribution is 0.573. The summed E-state index contributed by atoms with van der Waals surface area (Å²) < 4.78 is 5.92. The van der Waals surface area contributed by atoms with Crippen molar-refractivity contribution in [3.8, 4) is 0 Å². The standard InChI is InChI=1S/C16H20O/c1-3-4-6-13-10-12-7-5-8-14(12)15-9-11(2)17-16(13)15/h9-10H,3-8H2,1-2H3. The van der Waals surface area contributed by atoms with Crippen LogP contribution >= 0.6 is 0 Å². The maximum absolute atomic E-state index is 5.92. The lowest BCUT2D eigenvalue weighted by Crippen LogP contribution is -1.91. The Bertz CT molecular complexity index is 548. The van der Waals surface area contributed by atoms with Crippen LogP contribution in [0.4, 0.5) is 0 Å². The summed E-state index contributed by atoms with van der Waals surface area (Å²) in [5, 5.41) is 1.39. The van der Waals surface area contributed by atoms with Crippen LogP contribution in [0.2, 0.25) is 0 Å². The molecule has 3 rings (SSSR count). The zero-order chi connectivity index (χ0) is 11.8. The Morgan fingerprint density at radius 2 is 2.12 bits per heavy atom. The van der Waals surface area contributed by atoms with E-state index in [2.05, 4.69) is 26.0 Å². The molecule has 0 N–H and O–H groups in total. The lowest BCUT2D eigenvalue weighted by Gasteiger charge is -2.06. The van der Waals surface area contributed by atoms with Crippen LogP contribution in [0.5, 0.6) is 0 Å². The highest BCUT2D eigenvalue weighted by Crippen LogP contribution is 2.34. The molecule has 1 aliphatic carbocycles. The lowest BCUT2D eigenvalue weighted by atomic mass is 9.98.